The number of amides is 2. The van der Waals surface area contributed by atoms with Crippen molar-refractivity contribution in [2.45, 2.75) is 25.3 Å². The number of hydrogen-bond donors (Lipinski definition) is 0. The molecule has 3 aromatic carbocycles. The van der Waals surface area contributed by atoms with Gasteiger partial charge in [-0.2, -0.15) is 0 Å². The van der Waals surface area contributed by atoms with Crippen LogP contribution in [0.1, 0.15) is 39.8 Å². The molecule has 0 radical (unpaired) electrons. The summed E-state index contributed by atoms with van der Waals surface area (Å²) < 4.78 is 1.97. The number of aryl methyl sites for hydroxylation is 1. The first-order valence-corrected chi connectivity index (χ1v) is 11.8. The van der Waals surface area contributed by atoms with E-state index in [9.17, 15) is 4.79 Å². The quantitative estimate of drug-likeness (QED) is 0.312. The van der Waals surface area contributed by atoms with Gasteiger partial charge in [-0.25, -0.2) is 4.79 Å². The van der Waals surface area contributed by atoms with Crippen molar-refractivity contribution >= 4 is 49.3 Å². The van der Waals surface area contributed by atoms with E-state index in [1.165, 1.54) is 27.8 Å². The Hall–Kier alpha value is -2.11. The molecule has 3 nitrogen and oxygen atoms in total. The summed E-state index contributed by atoms with van der Waals surface area (Å²) in [5.41, 5.74) is 8.56. The predicted octanol–water partition coefficient (Wildman–Crippen LogP) is 6.96. The normalized spacial score (nSPS) is 23.5. The molecule has 3 aromatic rings. The highest BCUT2D eigenvalue weighted by atomic mass is 79.9. The molecular weight excluding hydrogens is 504 g/mol. The topological polar surface area (TPSA) is 23.6 Å². The SMILES string of the molecule is Cc1ccc2c(c1)[C@H]1c3ccccc3C[C@H]1[C@H]1c3cc(Br)cc(Br)c3N(C)C(=O)N21. The lowest BCUT2D eigenvalue weighted by atomic mass is 9.73. The lowest BCUT2D eigenvalue weighted by Crippen LogP contribution is -2.53. The Labute approximate surface area is 192 Å². The van der Waals surface area contributed by atoms with Crippen LogP contribution in [-0.2, 0) is 6.42 Å². The molecular formula is C25H20Br2N2O. The molecule has 30 heavy (non-hydrogen) atoms. The van der Waals surface area contributed by atoms with Crippen LogP contribution in [0.25, 0.3) is 0 Å². The van der Waals surface area contributed by atoms with E-state index in [-0.39, 0.29) is 12.1 Å². The molecule has 0 spiro atoms. The van der Waals surface area contributed by atoms with Crippen LogP contribution in [0.3, 0.4) is 0 Å². The number of fused-ring (bicyclic) bond motifs is 10. The molecule has 2 aliphatic heterocycles. The van der Waals surface area contributed by atoms with Crippen molar-refractivity contribution in [1.29, 1.82) is 0 Å². The van der Waals surface area contributed by atoms with Crippen molar-refractivity contribution in [2.75, 3.05) is 16.8 Å². The average Bonchev–Trinajstić information content (AvgIpc) is 3.10. The summed E-state index contributed by atoms with van der Waals surface area (Å²) in [6, 6.07) is 19.6. The van der Waals surface area contributed by atoms with Crippen molar-refractivity contribution in [3.05, 3.63) is 91.4 Å². The Kier molecular flexibility index (Phi) is 4.00. The van der Waals surface area contributed by atoms with Crippen LogP contribution in [0.5, 0.6) is 0 Å². The number of hydrogen-bond acceptors (Lipinski definition) is 1. The van der Waals surface area contributed by atoms with E-state index in [2.05, 4.69) is 87.3 Å². The van der Waals surface area contributed by atoms with Gasteiger partial charge in [-0.05, 0) is 70.1 Å². The number of benzene rings is 3. The first-order valence-electron chi connectivity index (χ1n) is 10.2. The Morgan fingerprint density at radius 1 is 0.967 bits per heavy atom. The summed E-state index contributed by atoms with van der Waals surface area (Å²) in [6.07, 6.45) is 0.982. The highest BCUT2D eigenvalue weighted by molar-refractivity contribution is 9.11. The minimum absolute atomic E-state index is 0.00473. The molecule has 2 amide bonds. The van der Waals surface area contributed by atoms with Gasteiger partial charge in [0, 0.05) is 27.5 Å². The first kappa shape index (κ1) is 18.6. The predicted molar refractivity (Wildman–Crippen MR) is 128 cm³/mol. The van der Waals surface area contributed by atoms with Gasteiger partial charge in [-0.1, -0.05) is 57.9 Å². The van der Waals surface area contributed by atoms with Gasteiger partial charge in [0.1, 0.15) is 0 Å². The van der Waals surface area contributed by atoms with Gasteiger partial charge in [0.05, 0.1) is 17.4 Å². The third-order valence-electron chi connectivity index (χ3n) is 6.94. The van der Waals surface area contributed by atoms with Gasteiger partial charge < -0.3 is 0 Å². The maximum atomic E-state index is 13.7. The zero-order valence-electron chi connectivity index (χ0n) is 16.7. The molecule has 6 rings (SSSR count). The zero-order valence-corrected chi connectivity index (χ0v) is 19.9. The summed E-state index contributed by atoms with van der Waals surface area (Å²) >= 11 is 7.40. The molecule has 3 aliphatic rings. The second-order valence-corrected chi connectivity index (χ2v) is 10.4. The van der Waals surface area contributed by atoms with Crippen LogP contribution in [-0.4, -0.2) is 13.1 Å². The van der Waals surface area contributed by atoms with Crippen LogP contribution < -0.4 is 9.80 Å². The fourth-order valence-corrected chi connectivity index (χ4v) is 7.34. The van der Waals surface area contributed by atoms with Crippen molar-refractivity contribution in [2.24, 2.45) is 5.92 Å². The Morgan fingerprint density at radius 2 is 1.77 bits per heavy atom. The molecule has 3 atom stereocenters. The molecule has 0 aromatic heterocycles. The van der Waals surface area contributed by atoms with Crippen LogP contribution in [0, 0.1) is 12.8 Å². The van der Waals surface area contributed by atoms with E-state index in [0.29, 0.717) is 11.8 Å². The monoisotopic (exact) mass is 522 g/mol. The summed E-state index contributed by atoms with van der Waals surface area (Å²) in [6.45, 7) is 2.13. The minimum Gasteiger partial charge on any atom is -0.296 e. The molecule has 1 aliphatic carbocycles. The molecule has 0 saturated carbocycles. The van der Waals surface area contributed by atoms with Gasteiger partial charge >= 0.3 is 6.03 Å². The molecule has 0 N–H and O–H groups in total. The fourth-order valence-electron chi connectivity index (χ4n) is 5.82. The Morgan fingerprint density at radius 3 is 2.60 bits per heavy atom. The van der Waals surface area contributed by atoms with Gasteiger partial charge in [-0.15, -0.1) is 0 Å². The van der Waals surface area contributed by atoms with Crippen LogP contribution in [0.4, 0.5) is 16.2 Å². The number of carbonyl (C=O) groups excluding carboxylic acids is 1. The van der Waals surface area contributed by atoms with Crippen LogP contribution in [0.15, 0.2) is 63.5 Å². The summed E-state index contributed by atoms with van der Waals surface area (Å²) in [4.78, 5) is 17.5. The van der Waals surface area contributed by atoms with E-state index >= 15 is 0 Å². The van der Waals surface area contributed by atoms with E-state index in [1.807, 2.05) is 18.0 Å². The van der Waals surface area contributed by atoms with Crippen molar-refractivity contribution in [3.8, 4) is 0 Å². The lowest BCUT2D eigenvalue weighted by molar-refractivity contribution is 0.241. The van der Waals surface area contributed by atoms with E-state index < -0.39 is 0 Å². The Bertz CT molecular complexity index is 1240. The molecule has 5 heteroatoms. The summed E-state index contributed by atoms with van der Waals surface area (Å²) in [7, 11) is 1.87. The Balaban J connectivity index is 1.67. The number of halogens is 2. The van der Waals surface area contributed by atoms with Crippen LogP contribution >= 0.6 is 31.9 Å². The molecule has 150 valence electrons. The molecule has 2 heterocycles. The summed E-state index contributed by atoms with van der Waals surface area (Å²) in [5.74, 6) is 0.619. The smallest absolute Gasteiger partial charge is 0.296 e. The number of rotatable bonds is 0. The van der Waals surface area contributed by atoms with Crippen molar-refractivity contribution in [1.82, 2.24) is 0 Å². The maximum absolute atomic E-state index is 13.7. The third-order valence-corrected chi connectivity index (χ3v) is 8.00. The maximum Gasteiger partial charge on any atom is 0.329 e. The largest absolute Gasteiger partial charge is 0.329 e. The van der Waals surface area contributed by atoms with E-state index in [1.54, 1.807) is 4.90 Å². The highest BCUT2D eigenvalue weighted by Crippen LogP contribution is 2.59. The standard InChI is InChI=1S/C25H20Br2N2O/c1-13-7-8-21-17(9-13)22-16-6-4-3-5-14(16)10-18(22)23-19-11-15(26)12-20(27)24(19)28(2)25(30)29(21)23/h3-9,11-12,18,22-23H,10H2,1-2H3/t18-,22-,23+/m1/s1. The van der Waals surface area contributed by atoms with E-state index in [4.69, 9.17) is 0 Å². The van der Waals surface area contributed by atoms with Gasteiger partial charge in [0.2, 0.25) is 0 Å². The second-order valence-electron chi connectivity index (χ2n) is 8.59. The highest BCUT2D eigenvalue weighted by Gasteiger charge is 2.52. The number of anilines is 2. The van der Waals surface area contributed by atoms with Crippen molar-refractivity contribution in [3.63, 3.8) is 0 Å². The lowest BCUT2D eigenvalue weighted by Gasteiger charge is -2.50. The fraction of sp³-hybridized carbons (Fsp3) is 0.240. The minimum atomic E-state index is 0.00473. The molecule has 0 fully saturated rings. The average molecular weight is 524 g/mol. The number of carbonyl (C=O) groups is 1. The number of nitrogens with zero attached hydrogens (tertiary/aromatic N) is 2. The second kappa shape index (κ2) is 6.44. The molecule has 0 bridgehead atoms. The van der Waals surface area contributed by atoms with Crippen molar-refractivity contribution < 1.29 is 4.79 Å². The van der Waals surface area contributed by atoms with Gasteiger partial charge in [-0.3, -0.25) is 9.80 Å². The first-order chi connectivity index (χ1) is 14.5. The van der Waals surface area contributed by atoms with Gasteiger partial charge in [0.25, 0.3) is 0 Å². The van der Waals surface area contributed by atoms with Gasteiger partial charge in [0.15, 0.2) is 0 Å². The zero-order chi connectivity index (χ0) is 20.7. The molecule has 0 unspecified atom stereocenters. The third kappa shape index (κ3) is 2.39. The van der Waals surface area contributed by atoms with E-state index in [0.717, 1.165) is 26.7 Å². The summed E-state index contributed by atoms with van der Waals surface area (Å²) in [5, 5.41) is 0. The van der Waals surface area contributed by atoms with Crippen LogP contribution in [0.2, 0.25) is 0 Å². The molecule has 0 saturated heterocycles. The number of urea groups is 1.